The molecule has 1 aliphatic heterocycles. The second-order valence-corrected chi connectivity index (χ2v) is 6.68. The zero-order chi connectivity index (χ0) is 20.2. The van der Waals surface area contributed by atoms with Crippen molar-refractivity contribution in [3.05, 3.63) is 34.2 Å². The fourth-order valence-electron chi connectivity index (χ4n) is 4.00. The van der Waals surface area contributed by atoms with Gasteiger partial charge in [0.25, 0.3) is 0 Å². The average Bonchev–Trinajstić information content (AvgIpc) is 2.71. The molecule has 2 atom stereocenters. The largest absolute Gasteiger partial charge is 0.803 e. The summed E-state index contributed by atoms with van der Waals surface area (Å²) in [5, 5.41) is 14.0. The Balaban J connectivity index is 2.24. The number of hydrogen-bond donors (Lipinski definition) is 1. The third kappa shape index (κ3) is 2.33. The van der Waals surface area contributed by atoms with E-state index in [-0.39, 0.29) is 5.78 Å². The van der Waals surface area contributed by atoms with Gasteiger partial charge in [0.2, 0.25) is 5.78 Å². The summed E-state index contributed by atoms with van der Waals surface area (Å²) in [7, 11) is 7.85. The summed E-state index contributed by atoms with van der Waals surface area (Å²) in [4.78, 5) is 13.9. The van der Waals surface area contributed by atoms with Gasteiger partial charge in [0, 0.05) is 22.9 Å². The first-order valence-corrected chi connectivity index (χ1v) is 8.78. The van der Waals surface area contributed by atoms with Gasteiger partial charge in [-0.05, 0) is 29.5 Å². The molecule has 0 radical (unpaired) electrons. The molecular formula is C21H21NO6. The second kappa shape index (κ2) is 6.54. The van der Waals surface area contributed by atoms with Gasteiger partial charge in [-0.25, -0.2) is 0 Å². The van der Waals surface area contributed by atoms with Crippen LogP contribution >= 0.6 is 0 Å². The molecular weight excluding hydrogens is 362 g/mol. The number of Topliss-reactive ketones (excluding diaryl/α,β-unsaturated/α-hetero) is 1. The molecule has 0 spiro atoms. The second-order valence-electron chi connectivity index (χ2n) is 6.68. The van der Waals surface area contributed by atoms with Crippen molar-refractivity contribution in [3.8, 4) is 34.1 Å². The van der Waals surface area contributed by atoms with Gasteiger partial charge < -0.3 is 29.0 Å². The summed E-state index contributed by atoms with van der Waals surface area (Å²) < 4.78 is 22.0. The predicted molar refractivity (Wildman–Crippen MR) is 100 cm³/mol. The third-order valence-corrected chi connectivity index (χ3v) is 5.37. The first kappa shape index (κ1) is 18.3. The van der Waals surface area contributed by atoms with Gasteiger partial charge in [-0.2, -0.15) is 0 Å². The van der Waals surface area contributed by atoms with E-state index < -0.39 is 6.23 Å². The number of nitrogens with one attached hydrogen (secondary N) is 1. The molecule has 0 bridgehead atoms. The fraction of sp³-hybridized carbons (Fsp3) is 0.286. The van der Waals surface area contributed by atoms with E-state index in [0.29, 0.717) is 60.7 Å². The summed E-state index contributed by atoms with van der Waals surface area (Å²) in [5.41, 5.74) is 2.23. The lowest BCUT2D eigenvalue weighted by Gasteiger charge is -2.33. The number of benzene rings is 2. The van der Waals surface area contributed by atoms with Gasteiger partial charge in [-0.3, -0.25) is 4.79 Å². The lowest BCUT2D eigenvalue weighted by molar-refractivity contribution is -0.906. The van der Waals surface area contributed by atoms with Crippen LogP contribution in [0.5, 0.6) is 23.0 Å². The van der Waals surface area contributed by atoms with E-state index in [1.165, 1.54) is 7.11 Å². The summed E-state index contributed by atoms with van der Waals surface area (Å²) in [6.45, 7) is 0. The van der Waals surface area contributed by atoms with Crippen molar-refractivity contribution in [2.45, 2.75) is 6.23 Å². The van der Waals surface area contributed by atoms with Crippen LogP contribution in [0.3, 0.4) is 0 Å². The molecule has 7 heteroatoms. The van der Waals surface area contributed by atoms with Gasteiger partial charge in [-0.15, -0.1) is 0 Å². The highest BCUT2D eigenvalue weighted by atomic mass is 16.5. The van der Waals surface area contributed by atoms with E-state index >= 15 is 0 Å². The summed E-state index contributed by atoms with van der Waals surface area (Å²) >= 11 is 0. The number of likely N-dealkylation sites (N-methyl/N-ethyl adjacent to an activating group) is 1. The smallest absolute Gasteiger partial charge is 0.247 e. The molecule has 1 aliphatic carbocycles. The van der Waals surface area contributed by atoms with Crippen molar-refractivity contribution in [3.63, 3.8) is 0 Å². The first-order valence-electron chi connectivity index (χ1n) is 8.78. The Morgan fingerprint density at radius 1 is 0.893 bits per heavy atom. The summed E-state index contributed by atoms with van der Waals surface area (Å²) in [6.07, 6.45) is 0.512. The van der Waals surface area contributed by atoms with Crippen LogP contribution in [0.2, 0.25) is 0 Å². The highest BCUT2D eigenvalue weighted by Crippen LogP contribution is 2.42. The quantitative estimate of drug-likeness (QED) is 0.706. The maximum Gasteiger partial charge on any atom is 0.247 e. The normalized spacial score (nSPS) is 19.4. The Hall–Kier alpha value is -3.03. The number of hydrogen-bond acceptors (Lipinski definition) is 6. The zero-order valence-electron chi connectivity index (χ0n) is 16.3. The van der Waals surface area contributed by atoms with Gasteiger partial charge in [-0.1, -0.05) is 0 Å². The van der Waals surface area contributed by atoms with Crippen molar-refractivity contribution >= 4 is 17.6 Å². The number of fused-ring (bicyclic) bond motifs is 2. The van der Waals surface area contributed by atoms with Crippen molar-refractivity contribution < 1.29 is 33.7 Å². The van der Waals surface area contributed by atoms with Crippen LogP contribution in [0.25, 0.3) is 22.9 Å². The summed E-state index contributed by atoms with van der Waals surface area (Å²) in [6, 6.07) is 5.16. The summed E-state index contributed by atoms with van der Waals surface area (Å²) in [5.74, 6) is 1.74. The van der Waals surface area contributed by atoms with Crippen molar-refractivity contribution in [1.82, 2.24) is 0 Å². The maximum atomic E-state index is 13.4. The Labute approximate surface area is 162 Å². The number of rotatable bonds is 4. The van der Waals surface area contributed by atoms with E-state index in [2.05, 4.69) is 0 Å². The number of quaternary nitrogens is 1. The van der Waals surface area contributed by atoms with Crippen LogP contribution in [0.15, 0.2) is 18.2 Å². The highest BCUT2D eigenvalue weighted by Gasteiger charge is 2.37. The molecule has 28 heavy (non-hydrogen) atoms. The monoisotopic (exact) mass is 383 g/mol. The molecule has 2 aromatic carbocycles. The van der Waals surface area contributed by atoms with Crippen molar-refractivity contribution in [1.29, 1.82) is 0 Å². The standard InChI is InChI=1S/C21H20NO6/c1-22-16(23)7-10-6-15(27-4)21(28-5)18-11-8-13(25-2)14(26-3)9-12(11)20(24)19(22)17(10)18/h6-9,16H,1-5H3/q-1/p+1. The average molecular weight is 383 g/mol. The number of methoxy groups -OCH3 is 4. The molecule has 0 aromatic heterocycles. The topological polar surface area (TPSA) is 81.5 Å². The van der Waals surface area contributed by atoms with Gasteiger partial charge in [0.05, 0.1) is 40.7 Å². The maximum absolute atomic E-state index is 13.4. The van der Waals surface area contributed by atoms with Crippen molar-refractivity contribution in [2.75, 3.05) is 35.5 Å². The molecule has 2 aliphatic rings. The predicted octanol–water partition coefficient (Wildman–Crippen LogP) is -1.31. The number of carbonyl (C=O) groups is 1. The molecule has 1 N–H and O–H groups in total. The van der Waals surface area contributed by atoms with Gasteiger partial charge in [0.15, 0.2) is 28.7 Å². The molecule has 0 saturated heterocycles. The minimum Gasteiger partial charge on any atom is -0.803 e. The van der Waals surface area contributed by atoms with E-state index in [1.54, 1.807) is 52.7 Å². The first-order chi connectivity index (χ1) is 13.5. The minimum atomic E-state index is -1.10. The SMILES string of the molecule is COc1cc2c(cc1OC)-c1c(OC)c(OC)cc3c1=C(C2=O)[NH+](C)C([O-])C=3. The Kier molecular flexibility index (Phi) is 4.28. The Morgan fingerprint density at radius 2 is 1.50 bits per heavy atom. The Bertz CT molecular complexity index is 1120. The van der Waals surface area contributed by atoms with Crippen LogP contribution in [0.4, 0.5) is 0 Å². The van der Waals surface area contributed by atoms with E-state index in [0.717, 1.165) is 0 Å². The molecule has 146 valence electrons. The van der Waals surface area contributed by atoms with E-state index in [1.807, 2.05) is 0 Å². The molecule has 4 rings (SSSR count). The number of carbonyl (C=O) groups excluding carboxylic acids is 1. The molecule has 7 nitrogen and oxygen atoms in total. The molecule has 1 heterocycles. The lowest BCUT2D eigenvalue weighted by Crippen LogP contribution is -3.15. The fourth-order valence-corrected chi connectivity index (χ4v) is 4.00. The van der Waals surface area contributed by atoms with Crippen LogP contribution in [0, 0.1) is 0 Å². The minimum absolute atomic E-state index is 0.205. The zero-order valence-corrected chi connectivity index (χ0v) is 16.3. The van der Waals surface area contributed by atoms with Crippen LogP contribution in [-0.2, 0) is 0 Å². The number of ether oxygens (including phenoxy) is 4. The van der Waals surface area contributed by atoms with Crippen LogP contribution in [0.1, 0.15) is 10.4 Å². The van der Waals surface area contributed by atoms with Crippen LogP contribution < -0.4 is 39.4 Å². The molecule has 0 fully saturated rings. The van der Waals surface area contributed by atoms with Gasteiger partial charge >= 0.3 is 0 Å². The molecule has 2 aromatic rings. The van der Waals surface area contributed by atoms with E-state index in [9.17, 15) is 9.90 Å². The van der Waals surface area contributed by atoms with E-state index in [4.69, 9.17) is 18.9 Å². The van der Waals surface area contributed by atoms with Crippen LogP contribution in [-0.4, -0.2) is 47.5 Å². The highest BCUT2D eigenvalue weighted by molar-refractivity contribution is 6.27. The Morgan fingerprint density at radius 3 is 2.07 bits per heavy atom. The molecule has 0 amide bonds. The lowest BCUT2D eigenvalue weighted by atomic mass is 9.84. The molecule has 0 saturated carbocycles. The van der Waals surface area contributed by atoms with Gasteiger partial charge in [0.1, 0.15) is 0 Å². The number of ketones is 1. The van der Waals surface area contributed by atoms with Crippen molar-refractivity contribution in [2.24, 2.45) is 0 Å². The molecule has 2 unspecified atom stereocenters. The third-order valence-electron chi connectivity index (χ3n) is 5.37.